The molecule has 1 aliphatic rings. The van der Waals surface area contributed by atoms with Gasteiger partial charge in [-0.05, 0) is 36.4 Å². The molecule has 0 bridgehead atoms. The van der Waals surface area contributed by atoms with E-state index in [1.165, 1.54) is 28.4 Å². The second-order valence-electron chi connectivity index (χ2n) is 6.03. The van der Waals surface area contributed by atoms with Crippen molar-refractivity contribution < 1.29 is 26.7 Å². The van der Waals surface area contributed by atoms with Crippen molar-refractivity contribution in [2.75, 3.05) is 33.3 Å². The Bertz CT molecular complexity index is 920. The van der Waals surface area contributed by atoms with Gasteiger partial charge in [-0.15, -0.1) is 0 Å². The molecule has 0 aromatic heterocycles. The molecule has 1 aliphatic heterocycles. The van der Waals surface area contributed by atoms with E-state index in [1.54, 1.807) is 12.1 Å². The number of halogens is 2. The summed E-state index contributed by atoms with van der Waals surface area (Å²) in [4.78, 5) is 13.9. The number of rotatable bonds is 4. The largest absolute Gasteiger partial charge is 0.497 e. The average Bonchev–Trinajstić information content (AvgIpc) is 2.67. The zero-order valence-corrected chi connectivity index (χ0v) is 15.4. The first-order valence-electron chi connectivity index (χ1n) is 8.21. The van der Waals surface area contributed by atoms with Gasteiger partial charge in [-0.2, -0.15) is 4.31 Å². The minimum Gasteiger partial charge on any atom is -0.497 e. The lowest BCUT2D eigenvalue weighted by Crippen LogP contribution is -2.50. The van der Waals surface area contributed by atoms with Crippen molar-refractivity contribution in [3.8, 4) is 5.75 Å². The van der Waals surface area contributed by atoms with Crippen molar-refractivity contribution in [1.82, 2.24) is 9.21 Å². The van der Waals surface area contributed by atoms with E-state index >= 15 is 0 Å². The Morgan fingerprint density at radius 3 is 2.04 bits per heavy atom. The van der Waals surface area contributed by atoms with Crippen LogP contribution >= 0.6 is 0 Å². The summed E-state index contributed by atoms with van der Waals surface area (Å²) < 4.78 is 58.3. The van der Waals surface area contributed by atoms with Crippen LogP contribution in [0, 0.1) is 11.6 Å². The molecule has 1 heterocycles. The van der Waals surface area contributed by atoms with Crippen molar-refractivity contribution in [3.05, 3.63) is 59.7 Å². The highest BCUT2D eigenvalue weighted by molar-refractivity contribution is 7.89. The summed E-state index contributed by atoms with van der Waals surface area (Å²) in [5, 5.41) is 0. The number of carbonyl (C=O) groups is 1. The summed E-state index contributed by atoms with van der Waals surface area (Å²) in [7, 11) is -2.20. The Balaban J connectivity index is 1.69. The molecule has 0 N–H and O–H groups in total. The lowest BCUT2D eigenvalue weighted by Gasteiger charge is -2.34. The number of hydrogen-bond donors (Lipinski definition) is 0. The predicted molar refractivity (Wildman–Crippen MR) is 94.0 cm³/mol. The Hall–Kier alpha value is -2.52. The molecular weight excluding hydrogens is 378 g/mol. The monoisotopic (exact) mass is 396 g/mol. The zero-order chi connectivity index (χ0) is 19.6. The van der Waals surface area contributed by atoms with E-state index in [0.29, 0.717) is 11.8 Å². The number of methoxy groups -OCH3 is 1. The van der Waals surface area contributed by atoms with E-state index in [0.717, 1.165) is 12.1 Å². The molecule has 27 heavy (non-hydrogen) atoms. The molecule has 1 fully saturated rings. The van der Waals surface area contributed by atoms with E-state index < -0.39 is 27.6 Å². The Morgan fingerprint density at radius 2 is 1.52 bits per heavy atom. The van der Waals surface area contributed by atoms with Crippen LogP contribution in [0.2, 0.25) is 0 Å². The van der Waals surface area contributed by atoms with Gasteiger partial charge in [0.25, 0.3) is 5.91 Å². The van der Waals surface area contributed by atoms with Crippen molar-refractivity contribution in [2.24, 2.45) is 0 Å². The van der Waals surface area contributed by atoms with Gasteiger partial charge < -0.3 is 9.64 Å². The molecule has 0 radical (unpaired) electrons. The average molecular weight is 396 g/mol. The maximum Gasteiger partial charge on any atom is 0.254 e. The molecule has 1 amide bonds. The minimum absolute atomic E-state index is 0.0951. The van der Waals surface area contributed by atoms with Crippen LogP contribution in [-0.2, 0) is 10.0 Å². The number of hydrogen-bond acceptors (Lipinski definition) is 4. The van der Waals surface area contributed by atoms with Gasteiger partial charge in [0.1, 0.15) is 17.4 Å². The van der Waals surface area contributed by atoms with Crippen LogP contribution in [0.1, 0.15) is 10.4 Å². The summed E-state index contributed by atoms with van der Waals surface area (Å²) >= 11 is 0. The first-order chi connectivity index (χ1) is 12.8. The number of piperazine rings is 1. The number of nitrogens with zero attached hydrogens (tertiary/aromatic N) is 2. The minimum atomic E-state index is -3.69. The molecule has 0 unspecified atom stereocenters. The number of sulfonamides is 1. The van der Waals surface area contributed by atoms with E-state index in [4.69, 9.17) is 4.74 Å². The molecule has 0 aliphatic carbocycles. The van der Waals surface area contributed by atoms with Crippen LogP contribution in [0.25, 0.3) is 0 Å². The van der Waals surface area contributed by atoms with Gasteiger partial charge in [0.2, 0.25) is 10.0 Å². The molecule has 3 rings (SSSR count). The van der Waals surface area contributed by atoms with Gasteiger partial charge in [0, 0.05) is 37.8 Å². The molecule has 2 aromatic rings. The second-order valence-corrected chi connectivity index (χ2v) is 7.97. The maximum absolute atomic E-state index is 13.3. The lowest BCUT2D eigenvalue weighted by molar-refractivity contribution is 0.0697. The van der Waals surface area contributed by atoms with Gasteiger partial charge >= 0.3 is 0 Å². The summed E-state index contributed by atoms with van der Waals surface area (Å²) in [6.07, 6.45) is 0. The highest BCUT2D eigenvalue weighted by atomic mass is 32.2. The van der Waals surface area contributed by atoms with Crippen LogP contribution in [-0.4, -0.2) is 56.8 Å². The summed E-state index contributed by atoms with van der Waals surface area (Å²) in [6.45, 7) is 0.453. The van der Waals surface area contributed by atoms with Crippen LogP contribution in [0.4, 0.5) is 8.78 Å². The van der Waals surface area contributed by atoms with E-state index in [2.05, 4.69) is 0 Å². The SMILES string of the molecule is COc1ccc(S(=O)(=O)N2CCN(C(=O)c3cc(F)cc(F)c3)CC2)cc1. The summed E-state index contributed by atoms with van der Waals surface area (Å²) in [6, 6.07) is 8.66. The fourth-order valence-electron chi connectivity index (χ4n) is 2.89. The van der Waals surface area contributed by atoms with Gasteiger partial charge in [-0.25, -0.2) is 17.2 Å². The first kappa shape index (κ1) is 19.2. The third-order valence-corrected chi connectivity index (χ3v) is 6.25. The molecule has 0 saturated carbocycles. The first-order valence-corrected chi connectivity index (χ1v) is 9.65. The summed E-state index contributed by atoms with van der Waals surface area (Å²) in [5.74, 6) is -1.65. The molecule has 0 atom stereocenters. The van der Waals surface area contributed by atoms with Crippen molar-refractivity contribution >= 4 is 15.9 Å². The molecule has 6 nitrogen and oxygen atoms in total. The smallest absolute Gasteiger partial charge is 0.254 e. The third kappa shape index (κ3) is 4.09. The summed E-state index contributed by atoms with van der Waals surface area (Å²) in [5.41, 5.74) is -0.0982. The van der Waals surface area contributed by atoms with Crippen LogP contribution < -0.4 is 4.74 Å². The maximum atomic E-state index is 13.3. The third-order valence-electron chi connectivity index (χ3n) is 4.33. The standard InChI is InChI=1S/C18H18F2N2O4S/c1-26-16-2-4-17(5-3-16)27(24,25)22-8-6-21(7-9-22)18(23)13-10-14(19)12-15(20)11-13/h2-5,10-12H,6-9H2,1H3. The van der Waals surface area contributed by atoms with Gasteiger partial charge in [0.15, 0.2) is 0 Å². The highest BCUT2D eigenvalue weighted by Crippen LogP contribution is 2.21. The Kier molecular flexibility index (Phi) is 5.43. The van der Waals surface area contributed by atoms with E-state index in [1.807, 2.05) is 0 Å². The van der Waals surface area contributed by atoms with Crippen molar-refractivity contribution in [3.63, 3.8) is 0 Å². The molecular formula is C18H18F2N2O4S. The van der Waals surface area contributed by atoms with Crippen LogP contribution in [0.3, 0.4) is 0 Å². The predicted octanol–water partition coefficient (Wildman–Crippen LogP) is 2.12. The van der Waals surface area contributed by atoms with Gasteiger partial charge in [0.05, 0.1) is 12.0 Å². The van der Waals surface area contributed by atoms with Crippen molar-refractivity contribution in [2.45, 2.75) is 4.90 Å². The van der Waals surface area contributed by atoms with E-state index in [9.17, 15) is 22.0 Å². The quantitative estimate of drug-likeness (QED) is 0.794. The van der Waals surface area contributed by atoms with E-state index in [-0.39, 0.29) is 36.6 Å². The normalized spacial score (nSPS) is 15.6. The number of carbonyl (C=O) groups excluding carboxylic acids is 1. The fraction of sp³-hybridized carbons (Fsp3) is 0.278. The number of amides is 1. The number of benzene rings is 2. The Labute approximate surface area is 156 Å². The topological polar surface area (TPSA) is 66.9 Å². The molecule has 144 valence electrons. The highest BCUT2D eigenvalue weighted by Gasteiger charge is 2.30. The van der Waals surface area contributed by atoms with Crippen LogP contribution in [0.5, 0.6) is 5.75 Å². The Morgan fingerprint density at radius 1 is 0.963 bits per heavy atom. The molecule has 0 spiro atoms. The fourth-order valence-corrected chi connectivity index (χ4v) is 4.31. The van der Waals surface area contributed by atoms with Gasteiger partial charge in [-0.1, -0.05) is 0 Å². The number of ether oxygens (including phenoxy) is 1. The molecule has 2 aromatic carbocycles. The van der Waals surface area contributed by atoms with Gasteiger partial charge in [-0.3, -0.25) is 4.79 Å². The zero-order valence-electron chi connectivity index (χ0n) is 14.6. The molecule has 9 heteroatoms. The molecule has 1 saturated heterocycles. The van der Waals surface area contributed by atoms with Crippen molar-refractivity contribution in [1.29, 1.82) is 0 Å². The van der Waals surface area contributed by atoms with Crippen LogP contribution in [0.15, 0.2) is 47.4 Å². The lowest BCUT2D eigenvalue weighted by atomic mass is 10.1. The second kappa shape index (κ2) is 7.61.